The average Bonchev–Trinajstić information content (AvgIpc) is 2.82. The fourth-order valence-corrected chi connectivity index (χ4v) is 4.44. The van der Waals surface area contributed by atoms with E-state index in [0.29, 0.717) is 18.4 Å². The molecular weight excluding hydrogens is 312 g/mol. The highest BCUT2D eigenvalue weighted by molar-refractivity contribution is 7.90. The van der Waals surface area contributed by atoms with E-state index in [4.69, 9.17) is 5.14 Å². The summed E-state index contributed by atoms with van der Waals surface area (Å²) >= 11 is 0. The molecule has 1 aromatic carbocycles. The van der Waals surface area contributed by atoms with Gasteiger partial charge in [0, 0.05) is 6.54 Å². The lowest BCUT2D eigenvalue weighted by molar-refractivity contribution is 0.498. The summed E-state index contributed by atoms with van der Waals surface area (Å²) in [7, 11) is -7.63. The van der Waals surface area contributed by atoms with Crippen molar-refractivity contribution in [3.05, 3.63) is 24.3 Å². The summed E-state index contributed by atoms with van der Waals surface area (Å²) in [6.07, 6.45) is 3.15. The predicted molar refractivity (Wildman–Crippen MR) is 79.5 cm³/mol. The van der Waals surface area contributed by atoms with Crippen LogP contribution in [0.5, 0.6) is 0 Å². The van der Waals surface area contributed by atoms with Crippen LogP contribution in [0.4, 0.5) is 0 Å². The number of nitrogens with one attached hydrogen (secondary N) is 1. The van der Waals surface area contributed by atoms with Crippen molar-refractivity contribution >= 4 is 20.0 Å². The first-order valence-electron chi connectivity index (χ1n) is 6.81. The zero-order valence-corrected chi connectivity index (χ0v) is 13.5. The molecule has 1 saturated carbocycles. The minimum Gasteiger partial charge on any atom is -0.225 e. The van der Waals surface area contributed by atoms with Crippen molar-refractivity contribution in [3.63, 3.8) is 0 Å². The van der Waals surface area contributed by atoms with Crippen molar-refractivity contribution in [3.8, 4) is 0 Å². The van der Waals surface area contributed by atoms with Gasteiger partial charge in [-0.3, -0.25) is 0 Å². The van der Waals surface area contributed by atoms with E-state index >= 15 is 0 Å². The van der Waals surface area contributed by atoms with Gasteiger partial charge in [0.05, 0.1) is 9.79 Å². The maximum absolute atomic E-state index is 12.2. The van der Waals surface area contributed by atoms with Gasteiger partial charge >= 0.3 is 0 Å². The minimum atomic E-state index is -3.92. The predicted octanol–water partition coefficient (Wildman–Crippen LogP) is 1.05. The molecule has 2 rings (SSSR count). The van der Waals surface area contributed by atoms with Crippen LogP contribution in [0.2, 0.25) is 0 Å². The van der Waals surface area contributed by atoms with E-state index < -0.39 is 20.0 Å². The summed E-state index contributed by atoms with van der Waals surface area (Å²) in [6.45, 7) is 2.54. The van der Waals surface area contributed by atoms with Crippen LogP contribution >= 0.6 is 0 Å². The second-order valence-corrected chi connectivity index (χ2v) is 8.98. The van der Waals surface area contributed by atoms with E-state index in [1.165, 1.54) is 18.2 Å². The van der Waals surface area contributed by atoms with Crippen LogP contribution < -0.4 is 9.86 Å². The summed E-state index contributed by atoms with van der Waals surface area (Å²) < 4.78 is 49.5. The maximum atomic E-state index is 12.2. The van der Waals surface area contributed by atoms with Gasteiger partial charge in [0.25, 0.3) is 0 Å². The number of primary sulfonamides is 1. The van der Waals surface area contributed by atoms with Crippen LogP contribution in [-0.4, -0.2) is 23.4 Å². The lowest BCUT2D eigenvalue weighted by Crippen LogP contribution is -2.28. The first-order chi connectivity index (χ1) is 9.68. The van der Waals surface area contributed by atoms with Crippen molar-refractivity contribution in [1.82, 2.24) is 4.72 Å². The van der Waals surface area contributed by atoms with Crippen LogP contribution in [0.25, 0.3) is 0 Å². The van der Waals surface area contributed by atoms with Gasteiger partial charge in [-0.2, -0.15) is 0 Å². The highest BCUT2D eigenvalue weighted by Crippen LogP contribution is 2.30. The van der Waals surface area contributed by atoms with E-state index in [-0.39, 0.29) is 9.79 Å². The van der Waals surface area contributed by atoms with E-state index in [1.807, 2.05) is 0 Å². The largest absolute Gasteiger partial charge is 0.240 e. The molecule has 0 amide bonds. The molecule has 1 aromatic rings. The summed E-state index contributed by atoms with van der Waals surface area (Å²) in [5, 5.41) is 5.01. The fraction of sp³-hybridized carbons (Fsp3) is 0.538. The topological polar surface area (TPSA) is 106 Å². The summed E-state index contributed by atoms with van der Waals surface area (Å²) in [6, 6.07) is 5.07. The smallest absolute Gasteiger partial charge is 0.225 e. The van der Waals surface area contributed by atoms with E-state index in [0.717, 1.165) is 25.3 Å². The van der Waals surface area contributed by atoms with E-state index in [9.17, 15) is 16.8 Å². The van der Waals surface area contributed by atoms with Crippen molar-refractivity contribution < 1.29 is 16.8 Å². The molecule has 1 aliphatic rings. The third-order valence-electron chi connectivity index (χ3n) is 3.81. The van der Waals surface area contributed by atoms with Gasteiger partial charge in [-0.15, -0.1) is 0 Å². The number of hydrogen-bond acceptors (Lipinski definition) is 4. The molecule has 1 fully saturated rings. The second-order valence-electron chi connectivity index (χ2n) is 5.66. The summed E-state index contributed by atoms with van der Waals surface area (Å²) in [4.78, 5) is -0.292. The molecule has 3 N–H and O–H groups in total. The molecule has 0 radical (unpaired) electrons. The second kappa shape index (κ2) is 6.04. The highest BCUT2D eigenvalue weighted by atomic mass is 32.2. The molecule has 0 spiro atoms. The molecule has 0 aromatic heterocycles. The van der Waals surface area contributed by atoms with Gasteiger partial charge in [0.2, 0.25) is 20.0 Å². The molecule has 2 atom stereocenters. The Bertz CT molecular complexity index is 713. The van der Waals surface area contributed by atoms with E-state index in [1.54, 1.807) is 0 Å². The van der Waals surface area contributed by atoms with Gasteiger partial charge in [0.15, 0.2) is 0 Å². The lowest BCUT2D eigenvalue weighted by Gasteiger charge is -2.12. The molecule has 0 bridgehead atoms. The van der Waals surface area contributed by atoms with Gasteiger partial charge < -0.3 is 0 Å². The molecule has 2 unspecified atom stereocenters. The third-order valence-corrected chi connectivity index (χ3v) is 6.14. The molecule has 0 heterocycles. The van der Waals surface area contributed by atoms with Gasteiger partial charge in [-0.05, 0) is 42.9 Å². The number of nitrogens with two attached hydrogens (primary N) is 1. The molecular formula is C13H20N2O4S2. The van der Waals surface area contributed by atoms with Crippen molar-refractivity contribution in [2.75, 3.05) is 6.54 Å². The molecule has 0 aliphatic heterocycles. The average molecular weight is 332 g/mol. The standard InChI is InChI=1S/C13H20N2O4S2/c1-10-5-6-11(7-10)9-15-21(18,19)13-4-2-3-12(8-13)20(14,16)17/h2-4,8,10-11,15H,5-7,9H2,1H3,(H2,14,16,17). The quantitative estimate of drug-likeness (QED) is 0.840. The van der Waals surface area contributed by atoms with Crippen LogP contribution in [0, 0.1) is 11.8 Å². The monoisotopic (exact) mass is 332 g/mol. The first kappa shape index (κ1) is 16.4. The zero-order chi connectivity index (χ0) is 15.7. The van der Waals surface area contributed by atoms with Crippen LogP contribution in [0.1, 0.15) is 26.2 Å². The molecule has 6 nitrogen and oxygen atoms in total. The Balaban J connectivity index is 2.12. The van der Waals surface area contributed by atoms with Crippen LogP contribution in [0.15, 0.2) is 34.1 Å². The Kier molecular flexibility index (Phi) is 4.72. The van der Waals surface area contributed by atoms with Crippen LogP contribution in [-0.2, 0) is 20.0 Å². The first-order valence-corrected chi connectivity index (χ1v) is 9.84. The van der Waals surface area contributed by atoms with Gasteiger partial charge in [-0.1, -0.05) is 19.4 Å². The highest BCUT2D eigenvalue weighted by Gasteiger charge is 2.24. The SMILES string of the molecule is CC1CCC(CNS(=O)(=O)c2cccc(S(N)(=O)=O)c2)C1. The fourth-order valence-electron chi connectivity index (χ4n) is 2.64. The normalized spacial score (nSPS) is 23.3. The zero-order valence-electron chi connectivity index (χ0n) is 11.8. The number of rotatable bonds is 5. The van der Waals surface area contributed by atoms with Gasteiger partial charge in [0.1, 0.15) is 0 Å². The number of benzene rings is 1. The van der Waals surface area contributed by atoms with Crippen LogP contribution in [0.3, 0.4) is 0 Å². The number of sulfonamides is 2. The van der Waals surface area contributed by atoms with Crippen molar-refractivity contribution in [2.24, 2.45) is 17.0 Å². The van der Waals surface area contributed by atoms with Crippen molar-refractivity contribution in [2.45, 2.75) is 36.0 Å². The summed E-state index contributed by atoms with van der Waals surface area (Å²) in [5.74, 6) is 0.974. The number of hydrogen-bond donors (Lipinski definition) is 2. The molecule has 0 saturated heterocycles. The Labute approximate surface area is 125 Å². The Hall–Kier alpha value is -0.960. The third kappa shape index (κ3) is 4.26. The Morgan fingerprint density at radius 3 is 2.43 bits per heavy atom. The molecule has 1 aliphatic carbocycles. The molecule has 8 heteroatoms. The van der Waals surface area contributed by atoms with Crippen molar-refractivity contribution in [1.29, 1.82) is 0 Å². The molecule has 118 valence electrons. The van der Waals surface area contributed by atoms with E-state index in [2.05, 4.69) is 11.6 Å². The summed E-state index contributed by atoms with van der Waals surface area (Å²) in [5.41, 5.74) is 0. The van der Waals surface area contributed by atoms with Gasteiger partial charge in [-0.25, -0.2) is 26.7 Å². The maximum Gasteiger partial charge on any atom is 0.240 e. The molecule has 21 heavy (non-hydrogen) atoms. The minimum absolute atomic E-state index is 0.0833. The Morgan fingerprint density at radius 1 is 1.19 bits per heavy atom. The lowest BCUT2D eigenvalue weighted by atomic mass is 10.1. The Morgan fingerprint density at radius 2 is 1.86 bits per heavy atom.